The number of carbonyl (C=O) groups excluding carboxylic acids is 2. The fraction of sp³-hybridized carbons (Fsp3) is 0.619. The van der Waals surface area contributed by atoms with E-state index in [9.17, 15) is 9.59 Å². The van der Waals surface area contributed by atoms with Crippen molar-refractivity contribution in [1.82, 2.24) is 10.2 Å². The molecule has 3 aliphatic rings. The molecular formula is C21H29N3O3. The number of para-hydroxylation sites is 1. The van der Waals surface area contributed by atoms with Crippen LogP contribution in [0.15, 0.2) is 24.3 Å². The smallest absolute Gasteiger partial charge is 0.251 e. The van der Waals surface area contributed by atoms with Crippen LogP contribution in [0.1, 0.15) is 37.7 Å². The lowest BCUT2D eigenvalue weighted by Crippen LogP contribution is -2.53. The Morgan fingerprint density at radius 3 is 2.81 bits per heavy atom. The number of anilines is 1. The van der Waals surface area contributed by atoms with Gasteiger partial charge in [0.25, 0.3) is 5.91 Å². The number of carbonyl (C=O) groups is 2. The molecule has 1 aliphatic carbocycles. The summed E-state index contributed by atoms with van der Waals surface area (Å²) < 4.78 is 5.64. The van der Waals surface area contributed by atoms with Crippen molar-refractivity contribution in [3.05, 3.63) is 29.8 Å². The molecule has 1 saturated carbocycles. The molecule has 2 heterocycles. The van der Waals surface area contributed by atoms with E-state index in [4.69, 9.17) is 4.74 Å². The van der Waals surface area contributed by atoms with Crippen molar-refractivity contribution in [2.24, 2.45) is 0 Å². The second-order valence-electron chi connectivity index (χ2n) is 7.80. The van der Waals surface area contributed by atoms with Gasteiger partial charge < -0.3 is 19.9 Å². The Morgan fingerprint density at radius 1 is 1.15 bits per heavy atom. The van der Waals surface area contributed by atoms with Gasteiger partial charge in [-0.05, 0) is 30.9 Å². The SMILES string of the molecule is O=C(NC1CCCC1)C1CN(C(=O)CCN2CCc3ccccc32)CCO1. The maximum absolute atomic E-state index is 12.7. The number of morpholine rings is 1. The largest absolute Gasteiger partial charge is 0.370 e. The Morgan fingerprint density at radius 2 is 1.96 bits per heavy atom. The van der Waals surface area contributed by atoms with Gasteiger partial charge in [0.15, 0.2) is 6.10 Å². The number of benzene rings is 1. The van der Waals surface area contributed by atoms with Gasteiger partial charge in [0, 0.05) is 37.8 Å². The third kappa shape index (κ3) is 4.26. The fourth-order valence-electron chi connectivity index (χ4n) is 4.43. The highest BCUT2D eigenvalue weighted by molar-refractivity contribution is 5.83. The number of ether oxygens (including phenoxy) is 1. The van der Waals surface area contributed by atoms with Crippen LogP contribution >= 0.6 is 0 Å². The molecule has 0 aromatic heterocycles. The Balaban J connectivity index is 1.27. The lowest BCUT2D eigenvalue weighted by Gasteiger charge is -2.33. The summed E-state index contributed by atoms with van der Waals surface area (Å²) in [6.07, 6.45) is 5.46. The van der Waals surface area contributed by atoms with Crippen LogP contribution < -0.4 is 10.2 Å². The zero-order valence-corrected chi connectivity index (χ0v) is 15.9. The number of rotatable bonds is 5. The molecule has 0 radical (unpaired) electrons. The summed E-state index contributed by atoms with van der Waals surface area (Å²) >= 11 is 0. The van der Waals surface area contributed by atoms with Gasteiger partial charge in [0.05, 0.1) is 13.2 Å². The summed E-state index contributed by atoms with van der Waals surface area (Å²) in [5.74, 6) is 0.0502. The fourth-order valence-corrected chi connectivity index (χ4v) is 4.43. The highest BCUT2D eigenvalue weighted by atomic mass is 16.5. The van der Waals surface area contributed by atoms with E-state index in [-0.39, 0.29) is 17.9 Å². The molecule has 2 fully saturated rings. The van der Waals surface area contributed by atoms with Crippen LogP contribution in [0.4, 0.5) is 5.69 Å². The van der Waals surface area contributed by atoms with Crippen molar-refractivity contribution in [3.63, 3.8) is 0 Å². The summed E-state index contributed by atoms with van der Waals surface area (Å²) in [4.78, 5) is 29.2. The molecule has 1 aromatic carbocycles. The quantitative estimate of drug-likeness (QED) is 0.856. The molecule has 2 aliphatic heterocycles. The Hall–Kier alpha value is -2.08. The van der Waals surface area contributed by atoms with E-state index in [1.54, 1.807) is 4.90 Å². The maximum atomic E-state index is 12.7. The molecule has 1 saturated heterocycles. The van der Waals surface area contributed by atoms with E-state index >= 15 is 0 Å². The summed E-state index contributed by atoms with van der Waals surface area (Å²) in [6.45, 7) is 3.08. The standard InChI is InChI=1S/C21H29N3O3/c25-20(10-12-23-11-9-16-5-1-4-8-18(16)23)24-13-14-27-19(15-24)21(26)22-17-6-2-3-7-17/h1,4-5,8,17,19H,2-3,6-7,9-15H2,(H,22,26). The van der Waals surface area contributed by atoms with E-state index < -0.39 is 6.10 Å². The van der Waals surface area contributed by atoms with Crippen molar-refractivity contribution in [1.29, 1.82) is 0 Å². The van der Waals surface area contributed by atoms with Crippen molar-refractivity contribution in [2.75, 3.05) is 37.7 Å². The number of nitrogens with zero attached hydrogens (tertiary/aromatic N) is 2. The van der Waals surface area contributed by atoms with Crippen molar-refractivity contribution in [3.8, 4) is 0 Å². The van der Waals surface area contributed by atoms with Gasteiger partial charge in [-0.2, -0.15) is 0 Å². The minimum Gasteiger partial charge on any atom is -0.370 e. The first-order valence-electron chi connectivity index (χ1n) is 10.2. The van der Waals surface area contributed by atoms with Crippen molar-refractivity contribution in [2.45, 2.75) is 50.7 Å². The van der Waals surface area contributed by atoms with Crippen LogP contribution in [-0.4, -0.2) is 61.6 Å². The number of hydrogen-bond donors (Lipinski definition) is 1. The molecule has 6 heteroatoms. The Labute approximate surface area is 160 Å². The molecule has 1 N–H and O–H groups in total. The lowest BCUT2D eigenvalue weighted by atomic mass is 10.2. The monoisotopic (exact) mass is 371 g/mol. The minimum absolute atomic E-state index is 0.0622. The summed E-state index contributed by atoms with van der Waals surface area (Å²) in [5.41, 5.74) is 2.61. The molecule has 0 spiro atoms. The number of hydrogen-bond acceptors (Lipinski definition) is 4. The highest BCUT2D eigenvalue weighted by Crippen LogP contribution is 2.27. The molecule has 1 aromatic rings. The van der Waals surface area contributed by atoms with Crippen LogP contribution in [0, 0.1) is 0 Å². The van der Waals surface area contributed by atoms with Gasteiger partial charge in [-0.25, -0.2) is 0 Å². The molecule has 1 atom stereocenters. The Bertz CT molecular complexity index is 687. The Kier molecular flexibility index (Phi) is 5.62. The molecule has 4 rings (SSSR count). The van der Waals surface area contributed by atoms with Gasteiger partial charge in [0.1, 0.15) is 0 Å². The predicted molar refractivity (Wildman–Crippen MR) is 104 cm³/mol. The molecular weight excluding hydrogens is 342 g/mol. The average Bonchev–Trinajstić information content (AvgIpc) is 3.36. The minimum atomic E-state index is -0.532. The molecule has 2 amide bonds. The number of nitrogens with one attached hydrogen (secondary N) is 1. The van der Waals surface area contributed by atoms with Crippen LogP contribution in [0.25, 0.3) is 0 Å². The van der Waals surface area contributed by atoms with Crippen LogP contribution in [0.5, 0.6) is 0 Å². The van der Waals surface area contributed by atoms with Gasteiger partial charge >= 0.3 is 0 Å². The van der Waals surface area contributed by atoms with E-state index in [0.717, 1.165) is 32.4 Å². The van der Waals surface area contributed by atoms with Gasteiger partial charge in [0.2, 0.25) is 5.91 Å². The maximum Gasteiger partial charge on any atom is 0.251 e. The summed E-state index contributed by atoms with van der Waals surface area (Å²) in [7, 11) is 0. The van der Waals surface area contributed by atoms with E-state index in [2.05, 4.69) is 34.5 Å². The third-order valence-corrected chi connectivity index (χ3v) is 5.99. The van der Waals surface area contributed by atoms with Crippen LogP contribution in [0.3, 0.4) is 0 Å². The summed E-state index contributed by atoms with van der Waals surface area (Å²) in [5, 5.41) is 3.09. The second kappa shape index (κ2) is 8.30. The zero-order valence-electron chi connectivity index (χ0n) is 15.9. The first-order chi connectivity index (χ1) is 13.2. The first-order valence-corrected chi connectivity index (χ1v) is 10.2. The number of amides is 2. The number of fused-ring (bicyclic) bond motifs is 1. The second-order valence-corrected chi connectivity index (χ2v) is 7.80. The summed E-state index contributed by atoms with van der Waals surface area (Å²) in [6, 6.07) is 8.69. The van der Waals surface area contributed by atoms with Gasteiger partial charge in [-0.1, -0.05) is 31.0 Å². The van der Waals surface area contributed by atoms with E-state index in [1.807, 2.05) is 0 Å². The van der Waals surface area contributed by atoms with Crippen molar-refractivity contribution < 1.29 is 14.3 Å². The third-order valence-electron chi connectivity index (χ3n) is 5.99. The lowest BCUT2D eigenvalue weighted by molar-refractivity contribution is -0.147. The van der Waals surface area contributed by atoms with E-state index in [0.29, 0.717) is 26.1 Å². The van der Waals surface area contributed by atoms with Crippen LogP contribution in [0.2, 0.25) is 0 Å². The highest BCUT2D eigenvalue weighted by Gasteiger charge is 2.31. The topological polar surface area (TPSA) is 61.9 Å². The zero-order chi connectivity index (χ0) is 18.6. The average molecular weight is 371 g/mol. The van der Waals surface area contributed by atoms with Crippen LogP contribution in [-0.2, 0) is 20.7 Å². The molecule has 27 heavy (non-hydrogen) atoms. The molecule has 1 unspecified atom stereocenters. The molecule has 0 bridgehead atoms. The predicted octanol–water partition coefficient (Wildman–Crippen LogP) is 1.73. The molecule has 6 nitrogen and oxygen atoms in total. The van der Waals surface area contributed by atoms with E-state index in [1.165, 1.54) is 24.1 Å². The van der Waals surface area contributed by atoms with Gasteiger partial charge in [-0.3, -0.25) is 9.59 Å². The molecule has 146 valence electrons. The first kappa shape index (κ1) is 18.3. The van der Waals surface area contributed by atoms with Crippen molar-refractivity contribution >= 4 is 17.5 Å². The van der Waals surface area contributed by atoms with Gasteiger partial charge in [-0.15, -0.1) is 0 Å². The normalized spacial score (nSPS) is 22.7.